The Bertz CT molecular complexity index is 550. The van der Waals surface area contributed by atoms with Crippen molar-refractivity contribution >= 4 is 11.8 Å². The lowest BCUT2D eigenvalue weighted by Crippen LogP contribution is -2.15. The Labute approximate surface area is 111 Å². The molecule has 0 bridgehead atoms. The van der Waals surface area contributed by atoms with E-state index in [2.05, 4.69) is 35.6 Å². The highest BCUT2D eigenvalue weighted by atomic mass is 32.2. The first-order chi connectivity index (χ1) is 8.90. The van der Waals surface area contributed by atoms with E-state index in [1.54, 1.807) is 0 Å². The zero-order valence-electron chi connectivity index (χ0n) is 10.4. The van der Waals surface area contributed by atoms with Crippen LogP contribution in [0.2, 0.25) is 0 Å². The van der Waals surface area contributed by atoms with Gasteiger partial charge in [0.2, 0.25) is 0 Å². The minimum atomic E-state index is 0.801. The van der Waals surface area contributed by atoms with E-state index < -0.39 is 0 Å². The monoisotopic (exact) mass is 260 g/mol. The van der Waals surface area contributed by atoms with Crippen LogP contribution in [0, 0.1) is 0 Å². The minimum Gasteiger partial charge on any atom is -0.356 e. The molecule has 0 saturated heterocycles. The molecule has 0 aliphatic carbocycles. The summed E-state index contributed by atoms with van der Waals surface area (Å²) >= 11 is 1.86. The first kappa shape index (κ1) is 11.8. The summed E-state index contributed by atoms with van der Waals surface area (Å²) in [5.74, 6) is 1.91. The van der Waals surface area contributed by atoms with Crippen molar-refractivity contribution in [1.82, 2.24) is 10.5 Å². The van der Waals surface area contributed by atoms with Crippen molar-refractivity contribution in [2.45, 2.75) is 30.5 Å². The highest BCUT2D eigenvalue weighted by Gasteiger charge is 2.23. The van der Waals surface area contributed by atoms with Crippen LogP contribution >= 0.6 is 11.8 Å². The van der Waals surface area contributed by atoms with Gasteiger partial charge in [-0.3, -0.25) is 0 Å². The van der Waals surface area contributed by atoms with E-state index in [0.29, 0.717) is 0 Å². The van der Waals surface area contributed by atoms with E-state index in [1.165, 1.54) is 16.0 Å². The third kappa shape index (κ3) is 2.06. The first-order valence-electron chi connectivity index (χ1n) is 6.30. The van der Waals surface area contributed by atoms with Gasteiger partial charge in [-0.1, -0.05) is 24.2 Å². The number of nitrogens with zero attached hydrogens (tertiary/aromatic N) is 1. The number of nitrogens with one attached hydrogen (secondary N) is 1. The van der Waals surface area contributed by atoms with Crippen molar-refractivity contribution in [3.8, 4) is 11.3 Å². The number of fused-ring (bicyclic) bond motifs is 3. The van der Waals surface area contributed by atoms with E-state index in [9.17, 15) is 0 Å². The Hall–Kier alpha value is -1.26. The number of benzene rings is 1. The van der Waals surface area contributed by atoms with Crippen molar-refractivity contribution in [3.05, 3.63) is 35.5 Å². The number of thioether (sulfide) groups is 1. The van der Waals surface area contributed by atoms with Gasteiger partial charge in [-0.25, -0.2) is 0 Å². The molecule has 1 aliphatic rings. The fourth-order valence-corrected chi connectivity index (χ4v) is 3.24. The van der Waals surface area contributed by atoms with Crippen LogP contribution in [0.5, 0.6) is 0 Å². The lowest BCUT2D eigenvalue weighted by atomic mass is 10.1. The zero-order chi connectivity index (χ0) is 12.4. The van der Waals surface area contributed by atoms with Crippen LogP contribution in [0.3, 0.4) is 0 Å². The van der Waals surface area contributed by atoms with Gasteiger partial charge in [0.15, 0.2) is 5.76 Å². The topological polar surface area (TPSA) is 38.1 Å². The first-order valence-corrected chi connectivity index (χ1v) is 7.29. The molecule has 1 N–H and O–H groups in total. The van der Waals surface area contributed by atoms with Gasteiger partial charge in [-0.2, -0.15) is 0 Å². The Balaban J connectivity index is 1.90. The van der Waals surface area contributed by atoms with E-state index >= 15 is 0 Å². The standard InChI is InChI=1S/C14H16N2OS/c1-2-7-15-8-12-11-9-18-13-6-4-3-5-10(13)14(11)17-16-12/h3-6,15H,2,7-9H2,1H3. The molecule has 0 saturated carbocycles. The average molecular weight is 260 g/mol. The molecule has 1 aromatic heterocycles. The molecule has 1 aromatic carbocycles. The molecule has 18 heavy (non-hydrogen) atoms. The predicted octanol–water partition coefficient (Wildman–Crippen LogP) is 3.45. The molecule has 0 spiro atoms. The van der Waals surface area contributed by atoms with Crippen molar-refractivity contribution in [2.75, 3.05) is 6.54 Å². The van der Waals surface area contributed by atoms with E-state index in [4.69, 9.17) is 4.52 Å². The molecule has 0 radical (unpaired) electrons. The SMILES string of the molecule is CCCNCc1noc2c1CSc1ccccc1-2. The maximum Gasteiger partial charge on any atom is 0.172 e. The van der Waals surface area contributed by atoms with Crippen molar-refractivity contribution in [1.29, 1.82) is 0 Å². The summed E-state index contributed by atoms with van der Waals surface area (Å²) in [4.78, 5) is 1.29. The summed E-state index contributed by atoms with van der Waals surface area (Å²) in [5.41, 5.74) is 3.49. The molecule has 94 valence electrons. The van der Waals surface area contributed by atoms with Gasteiger partial charge in [-0.05, 0) is 25.1 Å². The zero-order valence-corrected chi connectivity index (χ0v) is 11.2. The van der Waals surface area contributed by atoms with Crippen molar-refractivity contribution < 1.29 is 4.52 Å². The fourth-order valence-electron chi connectivity index (χ4n) is 2.16. The smallest absolute Gasteiger partial charge is 0.172 e. The molecule has 4 heteroatoms. The van der Waals surface area contributed by atoms with E-state index in [0.717, 1.165) is 36.7 Å². The lowest BCUT2D eigenvalue weighted by Gasteiger charge is -2.13. The summed E-state index contributed by atoms with van der Waals surface area (Å²) in [6.45, 7) is 3.98. The van der Waals surface area contributed by atoms with Crippen LogP contribution in [0.1, 0.15) is 24.6 Å². The second-order valence-electron chi connectivity index (χ2n) is 4.40. The average Bonchev–Trinajstić information content (AvgIpc) is 2.83. The highest BCUT2D eigenvalue weighted by molar-refractivity contribution is 7.98. The molecule has 3 nitrogen and oxygen atoms in total. The van der Waals surface area contributed by atoms with Crippen LogP contribution in [-0.2, 0) is 12.3 Å². The van der Waals surface area contributed by atoms with Gasteiger partial charge in [0.25, 0.3) is 0 Å². The van der Waals surface area contributed by atoms with E-state index in [-0.39, 0.29) is 0 Å². The largest absolute Gasteiger partial charge is 0.356 e. The molecule has 3 rings (SSSR count). The summed E-state index contributed by atoms with van der Waals surface area (Å²) in [7, 11) is 0. The van der Waals surface area contributed by atoms with Crippen molar-refractivity contribution in [2.24, 2.45) is 0 Å². The number of hydrogen-bond acceptors (Lipinski definition) is 4. The number of rotatable bonds is 4. The van der Waals surface area contributed by atoms with Crippen LogP contribution in [0.15, 0.2) is 33.7 Å². The summed E-state index contributed by atoms with van der Waals surface area (Å²) < 4.78 is 5.54. The van der Waals surface area contributed by atoms with Crippen LogP contribution < -0.4 is 5.32 Å². The number of hydrogen-bond donors (Lipinski definition) is 1. The normalized spacial score (nSPS) is 13.2. The van der Waals surface area contributed by atoms with Gasteiger partial charge in [0.1, 0.15) is 5.69 Å². The Morgan fingerprint density at radius 2 is 2.28 bits per heavy atom. The van der Waals surface area contributed by atoms with Gasteiger partial charge in [0, 0.05) is 28.3 Å². The minimum absolute atomic E-state index is 0.801. The highest BCUT2D eigenvalue weighted by Crippen LogP contribution is 2.42. The van der Waals surface area contributed by atoms with Crippen LogP contribution in [0.25, 0.3) is 11.3 Å². The summed E-state index contributed by atoms with van der Waals surface area (Å²) in [6, 6.07) is 8.36. The maximum absolute atomic E-state index is 5.54. The lowest BCUT2D eigenvalue weighted by molar-refractivity contribution is 0.419. The number of aromatic nitrogens is 1. The fraction of sp³-hybridized carbons (Fsp3) is 0.357. The Kier molecular flexibility index (Phi) is 3.39. The summed E-state index contributed by atoms with van der Waals surface area (Å²) in [5, 5.41) is 7.60. The Morgan fingerprint density at radius 1 is 1.39 bits per heavy atom. The van der Waals surface area contributed by atoms with Crippen molar-refractivity contribution in [3.63, 3.8) is 0 Å². The van der Waals surface area contributed by atoms with E-state index in [1.807, 2.05) is 17.8 Å². The Morgan fingerprint density at radius 3 is 3.17 bits per heavy atom. The molecule has 0 amide bonds. The van der Waals surface area contributed by atoms with Crippen LogP contribution in [0.4, 0.5) is 0 Å². The quantitative estimate of drug-likeness (QED) is 0.854. The third-order valence-electron chi connectivity index (χ3n) is 3.09. The predicted molar refractivity (Wildman–Crippen MR) is 73.5 cm³/mol. The molecular weight excluding hydrogens is 244 g/mol. The second kappa shape index (κ2) is 5.16. The molecule has 2 heterocycles. The van der Waals surface area contributed by atoms with Gasteiger partial charge < -0.3 is 9.84 Å². The molecule has 0 unspecified atom stereocenters. The molecule has 0 atom stereocenters. The van der Waals surface area contributed by atoms with Gasteiger partial charge in [0.05, 0.1) is 0 Å². The molecular formula is C14H16N2OS. The molecule has 2 aromatic rings. The third-order valence-corrected chi connectivity index (χ3v) is 4.19. The summed E-state index contributed by atoms with van der Waals surface area (Å²) in [6.07, 6.45) is 1.14. The molecule has 1 aliphatic heterocycles. The van der Waals surface area contributed by atoms with Crippen LogP contribution in [-0.4, -0.2) is 11.7 Å². The second-order valence-corrected chi connectivity index (χ2v) is 5.42. The maximum atomic E-state index is 5.54. The van der Waals surface area contributed by atoms with Gasteiger partial charge >= 0.3 is 0 Å². The van der Waals surface area contributed by atoms with Gasteiger partial charge in [-0.15, -0.1) is 11.8 Å². The molecule has 0 fully saturated rings.